The minimum atomic E-state index is -0.279. The number of hydrogen-bond donors (Lipinski definition) is 0. The predicted octanol–water partition coefficient (Wildman–Crippen LogP) is 4.07. The Morgan fingerprint density at radius 3 is 2.70 bits per heavy atom. The van der Waals surface area contributed by atoms with E-state index in [1.165, 1.54) is 23.5 Å². The molecule has 0 spiro atoms. The van der Waals surface area contributed by atoms with Gasteiger partial charge in [-0.25, -0.2) is 9.37 Å². The predicted molar refractivity (Wildman–Crippen MR) is 102 cm³/mol. The van der Waals surface area contributed by atoms with Crippen LogP contribution in [0.4, 0.5) is 4.39 Å². The Morgan fingerprint density at radius 2 is 1.96 bits per heavy atom. The van der Waals surface area contributed by atoms with Crippen LogP contribution in [-0.2, 0) is 0 Å². The number of piperidine rings is 1. The van der Waals surface area contributed by atoms with E-state index in [-0.39, 0.29) is 17.6 Å². The number of aryl methyl sites for hydroxylation is 1. The smallest absolute Gasteiger partial charge is 0.265 e. The molecule has 3 aromatic rings. The zero-order valence-electron chi connectivity index (χ0n) is 14.9. The van der Waals surface area contributed by atoms with Gasteiger partial charge in [-0.1, -0.05) is 0 Å². The fourth-order valence-corrected chi connectivity index (χ4v) is 4.28. The standard InChI is InChI=1S/C20H19FN4OS/c1-13-19(27-12-24-13)20(26)25-10-2-3-15(11-25)18-17(22-8-9-23-18)14-4-6-16(21)7-5-14/h4-9,12,15H,2-3,10-11H2,1H3. The molecule has 5 nitrogen and oxygen atoms in total. The molecule has 0 aliphatic carbocycles. The van der Waals surface area contributed by atoms with Crippen molar-refractivity contribution in [3.8, 4) is 11.3 Å². The number of carbonyl (C=O) groups is 1. The Labute approximate surface area is 160 Å². The lowest BCUT2D eigenvalue weighted by Crippen LogP contribution is -2.39. The maximum Gasteiger partial charge on any atom is 0.265 e. The SMILES string of the molecule is Cc1ncsc1C(=O)N1CCCC(c2nccnc2-c2ccc(F)cc2)C1. The van der Waals surface area contributed by atoms with Crippen LogP contribution in [0.15, 0.2) is 42.2 Å². The number of nitrogens with zero attached hydrogens (tertiary/aromatic N) is 4. The minimum absolute atomic E-state index is 0.0342. The Bertz CT molecular complexity index is 957. The van der Waals surface area contributed by atoms with Crippen molar-refractivity contribution >= 4 is 17.2 Å². The van der Waals surface area contributed by atoms with E-state index in [4.69, 9.17) is 0 Å². The van der Waals surface area contributed by atoms with E-state index in [2.05, 4.69) is 15.0 Å². The summed E-state index contributed by atoms with van der Waals surface area (Å²) < 4.78 is 13.3. The van der Waals surface area contributed by atoms with Gasteiger partial charge in [-0.2, -0.15) is 0 Å². The zero-order valence-corrected chi connectivity index (χ0v) is 15.7. The van der Waals surface area contributed by atoms with E-state index in [1.54, 1.807) is 30.0 Å². The first-order chi connectivity index (χ1) is 13.1. The molecular formula is C20H19FN4OS. The van der Waals surface area contributed by atoms with Crippen LogP contribution in [0.3, 0.4) is 0 Å². The van der Waals surface area contributed by atoms with Gasteiger partial charge in [0.25, 0.3) is 5.91 Å². The second-order valence-corrected chi connectivity index (χ2v) is 7.51. The highest BCUT2D eigenvalue weighted by Gasteiger charge is 2.29. The Morgan fingerprint density at radius 1 is 1.19 bits per heavy atom. The highest BCUT2D eigenvalue weighted by molar-refractivity contribution is 7.11. The van der Waals surface area contributed by atoms with Crippen LogP contribution in [-0.4, -0.2) is 38.8 Å². The second-order valence-electron chi connectivity index (χ2n) is 6.65. The number of hydrogen-bond acceptors (Lipinski definition) is 5. The summed E-state index contributed by atoms with van der Waals surface area (Å²) in [7, 11) is 0. The Balaban J connectivity index is 1.61. The van der Waals surface area contributed by atoms with Gasteiger partial charge >= 0.3 is 0 Å². The zero-order chi connectivity index (χ0) is 18.8. The number of aromatic nitrogens is 3. The molecule has 3 heterocycles. The first-order valence-corrected chi connectivity index (χ1v) is 9.77. The maximum absolute atomic E-state index is 13.3. The molecule has 1 saturated heterocycles. The van der Waals surface area contributed by atoms with Crippen molar-refractivity contribution in [2.75, 3.05) is 13.1 Å². The summed E-state index contributed by atoms with van der Waals surface area (Å²) in [6.45, 7) is 3.20. The lowest BCUT2D eigenvalue weighted by atomic mass is 9.91. The molecule has 1 atom stereocenters. The molecule has 4 rings (SSSR count). The third kappa shape index (κ3) is 3.60. The number of benzene rings is 1. The molecule has 7 heteroatoms. The number of rotatable bonds is 3. The number of carbonyl (C=O) groups excluding carboxylic acids is 1. The normalized spacial score (nSPS) is 17.1. The van der Waals surface area contributed by atoms with Gasteiger partial charge in [0.1, 0.15) is 10.7 Å². The van der Waals surface area contributed by atoms with E-state index >= 15 is 0 Å². The summed E-state index contributed by atoms with van der Waals surface area (Å²) in [5, 5.41) is 0. The highest BCUT2D eigenvalue weighted by atomic mass is 32.1. The Kier molecular flexibility index (Phi) is 4.94. The van der Waals surface area contributed by atoms with Gasteiger partial charge in [-0.05, 0) is 44.0 Å². The van der Waals surface area contributed by atoms with Crippen LogP contribution in [0.1, 0.15) is 39.8 Å². The van der Waals surface area contributed by atoms with Gasteiger partial charge < -0.3 is 4.90 Å². The van der Waals surface area contributed by atoms with E-state index in [0.29, 0.717) is 11.4 Å². The second kappa shape index (κ2) is 7.52. The van der Waals surface area contributed by atoms with Crippen LogP contribution in [0, 0.1) is 12.7 Å². The van der Waals surface area contributed by atoms with Gasteiger partial charge in [0, 0.05) is 37.0 Å². The van der Waals surface area contributed by atoms with Gasteiger partial charge in [-0.15, -0.1) is 11.3 Å². The molecule has 2 aromatic heterocycles. The monoisotopic (exact) mass is 382 g/mol. The largest absolute Gasteiger partial charge is 0.337 e. The van der Waals surface area contributed by atoms with Crippen LogP contribution in [0.2, 0.25) is 0 Å². The summed E-state index contributed by atoms with van der Waals surface area (Å²) in [4.78, 5) is 28.7. The number of halogens is 1. The van der Waals surface area contributed by atoms with Crippen molar-refractivity contribution in [3.63, 3.8) is 0 Å². The van der Waals surface area contributed by atoms with E-state index < -0.39 is 0 Å². The molecular weight excluding hydrogens is 363 g/mol. The molecule has 1 amide bonds. The molecule has 1 unspecified atom stereocenters. The van der Waals surface area contributed by atoms with Gasteiger partial charge in [0.05, 0.1) is 22.6 Å². The number of thiazole rings is 1. The van der Waals surface area contributed by atoms with Gasteiger partial charge in [0.15, 0.2) is 0 Å². The molecule has 138 valence electrons. The van der Waals surface area contributed by atoms with E-state index in [0.717, 1.165) is 42.0 Å². The summed E-state index contributed by atoms with van der Waals surface area (Å²) in [5.74, 6) is -0.143. The minimum Gasteiger partial charge on any atom is -0.337 e. The quantitative estimate of drug-likeness (QED) is 0.685. The summed E-state index contributed by atoms with van der Waals surface area (Å²) in [5.41, 5.74) is 4.94. The molecule has 27 heavy (non-hydrogen) atoms. The molecule has 0 bridgehead atoms. The van der Waals surface area contributed by atoms with Gasteiger partial charge in [0.2, 0.25) is 0 Å². The molecule has 0 N–H and O–H groups in total. The van der Waals surface area contributed by atoms with Crippen molar-refractivity contribution < 1.29 is 9.18 Å². The lowest BCUT2D eigenvalue weighted by molar-refractivity contribution is 0.0710. The Hall–Kier alpha value is -2.67. The summed E-state index contributed by atoms with van der Waals surface area (Å²) >= 11 is 1.38. The van der Waals surface area contributed by atoms with Crippen molar-refractivity contribution in [3.05, 3.63) is 64.3 Å². The van der Waals surface area contributed by atoms with Crippen molar-refractivity contribution in [2.45, 2.75) is 25.7 Å². The number of likely N-dealkylation sites (tertiary alicyclic amines) is 1. The van der Waals surface area contributed by atoms with Crippen molar-refractivity contribution in [1.29, 1.82) is 0 Å². The molecule has 1 aliphatic rings. The van der Waals surface area contributed by atoms with Crippen molar-refractivity contribution in [2.24, 2.45) is 0 Å². The van der Waals surface area contributed by atoms with E-state index in [1.807, 2.05) is 11.8 Å². The highest BCUT2D eigenvalue weighted by Crippen LogP contribution is 2.32. The van der Waals surface area contributed by atoms with Crippen LogP contribution in [0.5, 0.6) is 0 Å². The first kappa shape index (κ1) is 17.7. The first-order valence-electron chi connectivity index (χ1n) is 8.89. The van der Waals surface area contributed by atoms with Crippen LogP contribution < -0.4 is 0 Å². The summed E-state index contributed by atoms with van der Waals surface area (Å²) in [6, 6.07) is 6.29. The fraction of sp³-hybridized carbons (Fsp3) is 0.300. The van der Waals surface area contributed by atoms with Crippen LogP contribution in [0.25, 0.3) is 11.3 Å². The van der Waals surface area contributed by atoms with Gasteiger partial charge in [-0.3, -0.25) is 14.8 Å². The molecule has 1 aliphatic heterocycles. The average Bonchev–Trinajstić information content (AvgIpc) is 3.14. The topological polar surface area (TPSA) is 59.0 Å². The molecule has 1 aromatic carbocycles. The third-order valence-electron chi connectivity index (χ3n) is 4.88. The fourth-order valence-electron chi connectivity index (χ4n) is 3.51. The molecule has 1 fully saturated rings. The maximum atomic E-state index is 13.3. The average molecular weight is 382 g/mol. The number of amides is 1. The molecule has 0 saturated carbocycles. The van der Waals surface area contributed by atoms with E-state index in [9.17, 15) is 9.18 Å². The third-order valence-corrected chi connectivity index (χ3v) is 5.80. The van der Waals surface area contributed by atoms with Crippen LogP contribution >= 0.6 is 11.3 Å². The van der Waals surface area contributed by atoms with Crippen molar-refractivity contribution in [1.82, 2.24) is 19.9 Å². The lowest BCUT2D eigenvalue weighted by Gasteiger charge is -2.32. The molecule has 0 radical (unpaired) electrons. The summed E-state index contributed by atoms with van der Waals surface area (Å²) in [6.07, 6.45) is 5.18.